The predicted molar refractivity (Wildman–Crippen MR) is 219 cm³/mol. The fraction of sp³-hybridized carbons (Fsp3) is 0.535. The van der Waals surface area contributed by atoms with Gasteiger partial charge in [-0.2, -0.15) is 0 Å². The van der Waals surface area contributed by atoms with E-state index >= 15 is 0 Å². The molecule has 0 spiro atoms. The van der Waals surface area contributed by atoms with Gasteiger partial charge in [0.15, 0.2) is 17.4 Å². The van der Waals surface area contributed by atoms with Gasteiger partial charge in [0.05, 0.1) is 35.0 Å². The van der Waals surface area contributed by atoms with Gasteiger partial charge in [-0.3, -0.25) is 14.4 Å². The van der Waals surface area contributed by atoms with Crippen LogP contribution in [0.15, 0.2) is 66.3 Å². The Balaban J connectivity index is 1.84. The summed E-state index contributed by atoms with van der Waals surface area (Å²) in [5.74, 6) is -3.18. The van der Waals surface area contributed by atoms with E-state index < -0.39 is 65.2 Å². The second kappa shape index (κ2) is 19.2. The number of aliphatic hydroxyl groups is 1. The number of ether oxygens (including phenoxy) is 4. The summed E-state index contributed by atoms with van der Waals surface area (Å²) in [6, 6.07) is 8.34. The molecular weight excluding hydrogens is 773 g/mol. The van der Waals surface area contributed by atoms with Crippen LogP contribution >= 0.6 is 23.2 Å². The number of allylic oxidation sites excluding steroid dienone is 2. The first-order chi connectivity index (χ1) is 26.8. The van der Waals surface area contributed by atoms with Gasteiger partial charge < -0.3 is 39.6 Å². The summed E-state index contributed by atoms with van der Waals surface area (Å²) in [7, 11) is 4.56. The minimum atomic E-state index is -1.82. The molecule has 312 valence electrons. The maximum Gasteiger partial charge on any atom is 0.332 e. The number of likely N-dealkylation sites (N-methyl/N-ethyl adjacent to an activating group) is 1. The Morgan fingerprint density at radius 2 is 1.68 bits per heavy atom. The molecule has 1 fully saturated rings. The second-order valence-electron chi connectivity index (χ2n) is 15.8. The minimum Gasteiger partial charge on any atom is -0.494 e. The van der Waals surface area contributed by atoms with Gasteiger partial charge in [0, 0.05) is 32.9 Å². The number of benzene rings is 2. The SMILES string of the molecule is CCC(C)C1C(=O)NC(Cc2cc(Cl)c(OC)c(Cl)c2)C(=O)NC(C(C)(C)O)C(=O)OC(c2ccccc2)C(C)/C=C/C=C(\C)C(OC)CC2OC2(C)C(=O)N1C. The number of fused-ring (bicyclic) bond motifs is 1. The molecular formula is C43H57Cl2N3O9. The smallest absolute Gasteiger partial charge is 0.332 e. The number of carbonyl (C=O) groups is 4. The van der Waals surface area contributed by atoms with Crippen molar-refractivity contribution < 1.29 is 43.2 Å². The molecule has 2 aliphatic rings. The lowest BCUT2D eigenvalue weighted by molar-refractivity contribution is -0.162. The first-order valence-electron chi connectivity index (χ1n) is 19.2. The number of rotatable bonds is 8. The van der Waals surface area contributed by atoms with E-state index in [4.69, 9.17) is 42.1 Å². The number of epoxide rings is 1. The van der Waals surface area contributed by atoms with Gasteiger partial charge in [-0.05, 0) is 62.4 Å². The summed E-state index contributed by atoms with van der Waals surface area (Å²) in [5.41, 5.74) is -0.987. The third-order valence-electron chi connectivity index (χ3n) is 11.0. The number of methoxy groups -OCH3 is 2. The molecule has 3 N–H and O–H groups in total. The minimum absolute atomic E-state index is 0.137. The summed E-state index contributed by atoms with van der Waals surface area (Å²) in [5, 5.41) is 17.2. The Bertz CT molecular complexity index is 1810. The van der Waals surface area contributed by atoms with Crippen molar-refractivity contribution in [2.45, 2.75) is 115 Å². The largest absolute Gasteiger partial charge is 0.494 e. The Morgan fingerprint density at radius 3 is 2.25 bits per heavy atom. The lowest BCUT2D eigenvalue weighted by Crippen LogP contribution is -2.61. The second-order valence-corrected chi connectivity index (χ2v) is 16.6. The Kier molecular flexibility index (Phi) is 15.4. The van der Waals surface area contributed by atoms with E-state index in [9.17, 15) is 24.3 Å². The normalized spacial score (nSPS) is 30.4. The third kappa shape index (κ3) is 11.0. The highest BCUT2D eigenvalue weighted by Gasteiger charge is 2.61. The summed E-state index contributed by atoms with van der Waals surface area (Å²) < 4.78 is 23.3. The molecule has 4 rings (SSSR count). The van der Waals surface area contributed by atoms with Gasteiger partial charge in [-0.1, -0.05) is 99.0 Å². The van der Waals surface area contributed by atoms with Crippen molar-refractivity contribution in [2.75, 3.05) is 21.3 Å². The van der Waals surface area contributed by atoms with Crippen LogP contribution in [0.3, 0.4) is 0 Å². The van der Waals surface area contributed by atoms with Crippen molar-refractivity contribution in [3.8, 4) is 5.75 Å². The van der Waals surface area contributed by atoms with Gasteiger partial charge >= 0.3 is 5.97 Å². The maximum absolute atomic E-state index is 14.4. The number of nitrogens with zero attached hydrogens (tertiary/aromatic N) is 1. The molecule has 9 atom stereocenters. The Labute approximate surface area is 346 Å². The van der Waals surface area contributed by atoms with E-state index in [1.54, 1.807) is 33.2 Å². The van der Waals surface area contributed by atoms with E-state index in [-0.39, 0.29) is 40.2 Å². The van der Waals surface area contributed by atoms with Crippen molar-refractivity contribution in [1.29, 1.82) is 0 Å². The van der Waals surface area contributed by atoms with Gasteiger partial charge in [0.2, 0.25) is 11.8 Å². The average Bonchev–Trinajstić information content (AvgIpc) is 3.82. The van der Waals surface area contributed by atoms with Gasteiger partial charge in [-0.25, -0.2) is 4.79 Å². The van der Waals surface area contributed by atoms with Crippen LogP contribution in [0.2, 0.25) is 10.0 Å². The van der Waals surface area contributed by atoms with Crippen LogP contribution in [0.25, 0.3) is 0 Å². The zero-order valence-corrected chi connectivity index (χ0v) is 35.9. The van der Waals surface area contributed by atoms with E-state index in [1.165, 1.54) is 25.9 Å². The molecule has 0 aromatic heterocycles. The monoisotopic (exact) mass is 829 g/mol. The highest BCUT2D eigenvalue weighted by Crippen LogP contribution is 2.42. The predicted octanol–water partition coefficient (Wildman–Crippen LogP) is 6.16. The number of amides is 3. The zero-order valence-electron chi connectivity index (χ0n) is 34.4. The molecule has 0 bridgehead atoms. The molecule has 0 saturated carbocycles. The lowest BCUT2D eigenvalue weighted by atomic mass is 9.93. The van der Waals surface area contributed by atoms with E-state index in [2.05, 4.69) is 10.6 Å². The van der Waals surface area contributed by atoms with Gasteiger partial charge in [0.1, 0.15) is 18.2 Å². The topological polar surface area (TPSA) is 156 Å². The van der Waals surface area contributed by atoms with Crippen LogP contribution in [0.5, 0.6) is 5.75 Å². The molecule has 2 heterocycles. The molecule has 2 aromatic carbocycles. The maximum atomic E-state index is 14.4. The Morgan fingerprint density at radius 1 is 1.05 bits per heavy atom. The summed E-state index contributed by atoms with van der Waals surface area (Å²) >= 11 is 12.9. The molecule has 14 heteroatoms. The first-order valence-corrected chi connectivity index (χ1v) is 20.0. The van der Waals surface area contributed by atoms with Crippen LogP contribution in [0, 0.1) is 11.8 Å². The number of nitrogens with one attached hydrogen (secondary N) is 2. The van der Waals surface area contributed by atoms with Crippen molar-refractivity contribution in [3.63, 3.8) is 0 Å². The van der Waals surface area contributed by atoms with Crippen molar-refractivity contribution in [2.24, 2.45) is 11.8 Å². The van der Waals surface area contributed by atoms with E-state index in [0.29, 0.717) is 24.0 Å². The van der Waals surface area contributed by atoms with Crippen LogP contribution in [-0.2, 0) is 39.8 Å². The van der Waals surface area contributed by atoms with Crippen LogP contribution in [-0.4, -0.2) is 96.5 Å². The van der Waals surface area contributed by atoms with Crippen LogP contribution < -0.4 is 15.4 Å². The molecule has 1 saturated heterocycles. The number of esters is 1. The van der Waals surface area contributed by atoms with Crippen molar-refractivity contribution in [3.05, 3.63) is 87.4 Å². The molecule has 2 aromatic rings. The van der Waals surface area contributed by atoms with E-state index in [0.717, 1.165) is 5.57 Å². The molecule has 12 nitrogen and oxygen atoms in total. The quantitative estimate of drug-likeness (QED) is 0.210. The lowest BCUT2D eigenvalue weighted by Gasteiger charge is -2.35. The molecule has 2 aliphatic heterocycles. The standard InChI is InChI=1S/C43H57Cl2N3O9/c1-11-24(2)34-39(50)46-31(22-27-20-29(44)36(55-10)30(45)21-27)38(49)47-37(42(5,6)53)40(51)56-35(28-18-13-12-14-19-28)26(4)17-15-16-25(3)32(54-9)23-33-43(7,57-33)41(52)48(34)8/h12-21,24,26,31-35,37,53H,11,22-23H2,1-10H3,(H,46,50)(H,47,49)/b17-15+,25-16+. The highest BCUT2D eigenvalue weighted by atomic mass is 35.5. The zero-order chi connectivity index (χ0) is 42.4. The average molecular weight is 831 g/mol. The third-order valence-corrected chi connectivity index (χ3v) is 11.5. The van der Waals surface area contributed by atoms with Crippen molar-refractivity contribution >= 4 is 46.9 Å². The summed E-state index contributed by atoms with van der Waals surface area (Å²) in [4.78, 5) is 58.6. The highest BCUT2D eigenvalue weighted by molar-refractivity contribution is 6.37. The number of cyclic esters (lactones) is 1. The number of carbonyl (C=O) groups excluding carboxylic acids is 4. The van der Waals surface area contributed by atoms with E-state index in [1.807, 2.05) is 76.3 Å². The first kappa shape index (κ1) is 45.8. The van der Waals surface area contributed by atoms with Gasteiger partial charge in [0.25, 0.3) is 5.91 Å². The molecule has 0 aliphatic carbocycles. The fourth-order valence-electron chi connectivity index (χ4n) is 7.20. The van der Waals surface area contributed by atoms with Crippen LogP contribution in [0.1, 0.15) is 78.5 Å². The number of hydrogen-bond acceptors (Lipinski definition) is 9. The fourth-order valence-corrected chi connectivity index (χ4v) is 7.89. The molecule has 57 heavy (non-hydrogen) atoms. The number of hydrogen-bond donors (Lipinski definition) is 3. The molecule has 0 radical (unpaired) electrons. The summed E-state index contributed by atoms with van der Waals surface area (Å²) in [6.45, 7) is 12.0. The van der Waals surface area contributed by atoms with Crippen LogP contribution in [0.4, 0.5) is 0 Å². The summed E-state index contributed by atoms with van der Waals surface area (Å²) in [6.07, 6.45) is 4.74. The number of halogens is 2. The molecule has 3 amide bonds. The van der Waals surface area contributed by atoms with Gasteiger partial charge in [-0.15, -0.1) is 0 Å². The van der Waals surface area contributed by atoms with Crippen molar-refractivity contribution in [1.82, 2.24) is 15.5 Å². The molecule has 9 unspecified atom stereocenters. The Hall–Kier alpha value is -3.94.